The van der Waals surface area contributed by atoms with Crippen LogP contribution >= 0.6 is 0 Å². The van der Waals surface area contributed by atoms with Crippen molar-refractivity contribution in [3.05, 3.63) is 41.7 Å². The average molecular weight is 396 g/mol. The molecule has 2 aromatic rings. The van der Waals surface area contributed by atoms with E-state index in [1.54, 1.807) is 0 Å². The van der Waals surface area contributed by atoms with E-state index in [0.29, 0.717) is 31.7 Å². The van der Waals surface area contributed by atoms with Crippen LogP contribution in [0, 0.1) is 5.92 Å². The Bertz CT molecular complexity index is 931. The summed E-state index contributed by atoms with van der Waals surface area (Å²) in [6.45, 7) is 2.31. The number of carboxylic acid groups (broad SMARTS) is 1. The molecule has 0 radical (unpaired) electrons. The minimum atomic E-state index is -0.797. The van der Waals surface area contributed by atoms with Gasteiger partial charge in [-0.05, 0) is 62.1 Å². The summed E-state index contributed by atoms with van der Waals surface area (Å²) in [7, 11) is 0. The van der Waals surface area contributed by atoms with E-state index in [1.807, 2.05) is 17.2 Å². The van der Waals surface area contributed by atoms with E-state index >= 15 is 0 Å². The summed E-state index contributed by atoms with van der Waals surface area (Å²) >= 11 is 0. The summed E-state index contributed by atoms with van der Waals surface area (Å²) in [6.07, 6.45) is 12.5. The van der Waals surface area contributed by atoms with Crippen LogP contribution in [0.25, 0.3) is 11.0 Å². The number of pyridine rings is 1. The fraction of sp³-hybridized carbons (Fsp3) is 0.522. The number of unbranched alkanes of at least 4 members (excludes halogenated alkanes) is 1. The molecule has 1 N–H and O–H groups in total. The van der Waals surface area contributed by atoms with E-state index in [4.69, 9.17) is 5.11 Å². The van der Waals surface area contributed by atoms with Crippen molar-refractivity contribution in [2.45, 2.75) is 64.5 Å². The van der Waals surface area contributed by atoms with Crippen LogP contribution in [0.1, 0.15) is 56.2 Å². The molecule has 0 aromatic carbocycles. The molecule has 154 valence electrons. The van der Waals surface area contributed by atoms with Crippen molar-refractivity contribution in [2.24, 2.45) is 5.92 Å². The predicted octanol–water partition coefficient (Wildman–Crippen LogP) is 3.92. The fourth-order valence-corrected chi connectivity index (χ4v) is 4.66. The van der Waals surface area contributed by atoms with Crippen LogP contribution in [0.15, 0.2) is 30.5 Å². The van der Waals surface area contributed by atoms with Gasteiger partial charge in [-0.2, -0.15) is 0 Å². The average Bonchev–Trinajstić information content (AvgIpc) is 3.05. The van der Waals surface area contributed by atoms with Crippen molar-refractivity contribution in [2.75, 3.05) is 6.54 Å². The number of carbonyl (C=O) groups excluding carboxylic acids is 1. The minimum Gasteiger partial charge on any atom is -0.481 e. The van der Waals surface area contributed by atoms with Gasteiger partial charge in [-0.25, -0.2) is 4.98 Å². The number of carboxylic acids is 1. The molecule has 4 rings (SSSR count). The molecule has 0 spiro atoms. The summed E-state index contributed by atoms with van der Waals surface area (Å²) in [5, 5.41) is 9.99. The molecule has 1 aliphatic heterocycles. The van der Waals surface area contributed by atoms with Gasteiger partial charge >= 0.3 is 5.97 Å². The van der Waals surface area contributed by atoms with Crippen molar-refractivity contribution >= 4 is 22.9 Å². The quantitative estimate of drug-likeness (QED) is 0.569. The van der Waals surface area contributed by atoms with Gasteiger partial charge in [-0.1, -0.05) is 12.2 Å². The Labute approximate surface area is 171 Å². The van der Waals surface area contributed by atoms with E-state index in [-0.39, 0.29) is 12.3 Å². The molecule has 29 heavy (non-hydrogen) atoms. The number of hydrogen-bond acceptors (Lipinski definition) is 3. The zero-order chi connectivity index (χ0) is 20.2. The first-order chi connectivity index (χ1) is 14.1. The number of nitrogens with zero attached hydrogens (tertiary/aromatic N) is 3. The number of rotatable bonds is 7. The number of fused-ring (bicyclic) bond motifs is 3. The largest absolute Gasteiger partial charge is 0.481 e. The summed E-state index contributed by atoms with van der Waals surface area (Å²) in [5.74, 6) is -0.0511. The summed E-state index contributed by atoms with van der Waals surface area (Å²) in [6, 6.07) is 4.15. The number of carbonyl (C=O) groups is 2. The van der Waals surface area contributed by atoms with E-state index in [1.165, 1.54) is 23.1 Å². The highest BCUT2D eigenvalue weighted by Gasteiger charge is 2.27. The van der Waals surface area contributed by atoms with Gasteiger partial charge in [0.1, 0.15) is 5.65 Å². The number of amides is 1. The SMILES string of the molecule is O=C(O)CCCCC(=O)N1CCc2c(n(CC3CC=CCC3)c3ncccc23)C1. The van der Waals surface area contributed by atoms with Crippen LogP contribution in [0.3, 0.4) is 0 Å². The number of aliphatic carboxylic acids is 1. The van der Waals surface area contributed by atoms with E-state index in [0.717, 1.165) is 38.0 Å². The summed E-state index contributed by atoms with van der Waals surface area (Å²) in [4.78, 5) is 30.0. The van der Waals surface area contributed by atoms with Crippen molar-refractivity contribution in [3.8, 4) is 0 Å². The topological polar surface area (TPSA) is 75.4 Å². The second-order valence-corrected chi connectivity index (χ2v) is 8.23. The highest BCUT2D eigenvalue weighted by molar-refractivity contribution is 5.83. The molecule has 1 aliphatic carbocycles. The Morgan fingerprint density at radius 2 is 2.07 bits per heavy atom. The molecule has 0 bridgehead atoms. The van der Waals surface area contributed by atoms with Crippen LogP contribution in [-0.2, 0) is 29.1 Å². The molecule has 0 saturated carbocycles. The fourth-order valence-electron chi connectivity index (χ4n) is 4.66. The van der Waals surface area contributed by atoms with E-state index in [2.05, 4.69) is 27.8 Å². The molecule has 0 fully saturated rings. The first kappa shape index (κ1) is 19.7. The van der Waals surface area contributed by atoms with Gasteiger partial charge < -0.3 is 14.6 Å². The Kier molecular flexibility index (Phi) is 5.97. The van der Waals surface area contributed by atoms with Crippen molar-refractivity contribution < 1.29 is 14.7 Å². The highest BCUT2D eigenvalue weighted by Crippen LogP contribution is 2.32. The van der Waals surface area contributed by atoms with Gasteiger partial charge in [0.05, 0.1) is 6.54 Å². The molecule has 2 aromatic heterocycles. The maximum absolute atomic E-state index is 12.7. The Morgan fingerprint density at radius 1 is 1.21 bits per heavy atom. The number of hydrogen-bond donors (Lipinski definition) is 1. The molecule has 1 amide bonds. The standard InChI is InChI=1S/C23H29N3O3/c27-21(10-4-5-11-22(28)29)25-14-12-18-19-9-6-13-24-23(19)26(20(18)16-25)15-17-7-2-1-3-8-17/h1-2,6,9,13,17H,3-5,7-8,10-12,14-16H2,(H,28,29). The van der Waals surface area contributed by atoms with Gasteiger partial charge in [-0.15, -0.1) is 0 Å². The molecule has 0 saturated heterocycles. The van der Waals surface area contributed by atoms with Crippen molar-refractivity contribution in [3.63, 3.8) is 0 Å². The molecule has 2 aliphatic rings. The molecular formula is C23H29N3O3. The molecule has 3 heterocycles. The Hall–Kier alpha value is -2.63. The predicted molar refractivity (Wildman–Crippen MR) is 111 cm³/mol. The van der Waals surface area contributed by atoms with Crippen molar-refractivity contribution in [1.82, 2.24) is 14.5 Å². The van der Waals surface area contributed by atoms with Crippen LogP contribution in [-0.4, -0.2) is 38.0 Å². The molecule has 6 heteroatoms. The molecule has 1 unspecified atom stereocenters. The number of aromatic nitrogens is 2. The lowest BCUT2D eigenvalue weighted by atomic mass is 9.94. The van der Waals surface area contributed by atoms with Crippen molar-refractivity contribution in [1.29, 1.82) is 0 Å². The monoisotopic (exact) mass is 395 g/mol. The Balaban J connectivity index is 1.52. The van der Waals surface area contributed by atoms with Gasteiger partial charge in [-0.3, -0.25) is 9.59 Å². The number of allylic oxidation sites excluding steroid dienone is 2. The summed E-state index contributed by atoms with van der Waals surface area (Å²) in [5.41, 5.74) is 3.62. The first-order valence-corrected chi connectivity index (χ1v) is 10.7. The first-order valence-electron chi connectivity index (χ1n) is 10.7. The van der Waals surface area contributed by atoms with Crippen LogP contribution in [0.5, 0.6) is 0 Å². The molecular weight excluding hydrogens is 366 g/mol. The normalized spacial score (nSPS) is 18.8. The Morgan fingerprint density at radius 3 is 2.86 bits per heavy atom. The maximum atomic E-state index is 12.7. The maximum Gasteiger partial charge on any atom is 0.303 e. The van der Waals surface area contributed by atoms with Crippen LogP contribution < -0.4 is 0 Å². The van der Waals surface area contributed by atoms with Gasteiger partial charge in [0.2, 0.25) is 5.91 Å². The lowest BCUT2D eigenvalue weighted by Crippen LogP contribution is -2.36. The van der Waals surface area contributed by atoms with Crippen LogP contribution in [0.2, 0.25) is 0 Å². The zero-order valence-corrected chi connectivity index (χ0v) is 16.8. The third-order valence-corrected chi connectivity index (χ3v) is 6.22. The lowest BCUT2D eigenvalue weighted by Gasteiger charge is -2.29. The van der Waals surface area contributed by atoms with Gasteiger partial charge in [0.15, 0.2) is 0 Å². The highest BCUT2D eigenvalue weighted by atomic mass is 16.4. The third kappa shape index (κ3) is 4.36. The second-order valence-electron chi connectivity index (χ2n) is 8.23. The van der Waals surface area contributed by atoms with E-state index in [9.17, 15) is 9.59 Å². The lowest BCUT2D eigenvalue weighted by molar-refractivity contribution is -0.137. The van der Waals surface area contributed by atoms with Gasteiger partial charge in [0, 0.05) is 43.2 Å². The molecule has 6 nitrogen and oxygen atoms in total. The van der Waals surface area contributed by atoms with Crippen LogP contribution in [0.4, 0.5) is 0 Å². The summed E-state index contributed by atoms with van der Waals surface area (Å²) < 4.78 is 2.36. The smallest absolute Gasteiger partial charge is 0.303 e. The minimum absolute atomic E-state index is 0.131. The molecule has 1 atom stereocenters. The second kappa shape index (κ2) is 8.80. The zero-order valence-electron chi connectivity index (χ0n) is 16.8. The third-order valence-electron chi connectivity index (χ3n) is 6.22. The van der Waals surface area contributed by atoms with Gasteiger partial charge in [0.25, 0.3) is 0 Å². The van der Waals surface area contributed by atoms with E-state index < -0.39 is 5.97 Å².